The fourth-order valence-corrected chi connectivity index (χ4v) is 1.80. The molecule has 2 amide bonds. The van der Waals surface area contributed by atoms with E-state index in [4.69, 9.17) is 5.73 Å². The number of amides is 2. The summed E-state index contributed by atoms with van der Waals surface area (Å²) < 4.78 is 51.3. The lowest BCUT2D eigenvalue weighted by molar-refractivity contribution is -0.137. The van der Waals surface area contributed by atoms with Gasteiger partial charge in [-0.2, -0.15) is 13.2 Å². The Hall–Kier alpha value is -2.77. The highest BCUT2D eigenvalue weighted by molar-refractivity contribution is 6.00. The minimum atomic E-state index is -4.63. The molecule has 0 heterocycles. The molecular formula is C15H13F4N3O. The fraction of sp³-hybridized carbons (Fsp3) is 0.133. The van der Waals surface area contributed by atoms with Crippen LogP contribution in [0.5, 0.6) is 0 Å². The van der Waals surface area contributed by atoms with Crippen LogP contribution in [0.1, 0.15) is 11.1 Å². The lowest BCUT2D eigenvalue weighted by atomic mass is 10.2. The van der Waals surface area contributed by atoms with Crippen molar-refractivity contribution in [1.29, 1.82) is 0 Å². The Morgan fingerprint density at radius 1 is 1.09 bits per heavy atom. The van der Waals surface area contributed by atoms with Crippen LogP contribution in [0, 0.1) is 12.7 Å². The predicted molar refractivity (Wildman–Crippen MR) is 79.6 cm³/mol. The van der Waals surface area contributed by atoms with E-state index in [1.165, 1.54) is 6.07 Å². The Labute approximate surface area is 129 Å². The molecule has 4 N–H and O–H groups in total. The number of rotatable bonds is 2. The predicted octanol–water partition coefficient (Wildman–Crippen LogP) is 4.38. The largest absolute Gasteiger partial charge is 0.416 e. The molecular weight excluding hydrogens is 314 g/mol. The second kappa shape index (κ2) is 6.15. The van der Waals surface area contributed by atoms with E-state index in [-0.39, 0.29) is 0 Å². The van der Waals surface area contributed by atoms with Gasteiger partial charge in [0.25, 0.3) is 0 Å². The number of urea groups is 1. The molecule has 8 heteroatoms. The smallest absolute Gasteiger partial charge is 0.398 e. The van der Waals surface area contributed by atoms with Gasteiger partial charge in [0.1, 0.15) is 5.82 Å². The van der Waals surface area contributed by atoms with Gasteiger partial charge < -0.3 is 16.4 Å². The van der Waals surface area contributed by atoms with Crippen LogP contribution in [0.2, 0.25) is 0 Å². The molecule has 122 valence electrons. The van der Waals surface area contributed by atoms with E-state index in [0.717, 1.165) is 5.56 Å². The molecule has 0 spiro atoms. The van der Waals surface area contributed by atoms with Crippen LogP contribution in [0.15, 0.2) is 36.4 Å². The van der Waals surface area contributed by atoms with Crippen LogP contribution in [0.25, 0.3) is 0 Å². The Bertz CT molecular complexity index is 744. The topological polar surface area (TPSA) is 67.2 Å². The molecule has 0 atom stereocenters. The van der Waals surface area contributed by atoms with E-state index < -0.39 is 29.3 Å². The monoisotopic (exact) mass is 327 g/mol. The zero-order chi connectivity index (χ0) is 17.2. The van der Waals surface area contributed by atoms with Gasteiger partial charge in [0.2, 0.25) is 0 Å². The summed E-state index contributed by atoms with van der Waals surface area (Å²) in [6.07, 6.45) is -4.63. The minimum absolute atomic E-state index is 0.331. The molecule has 0 aliphatic heterocycles. The van der Waals surface area contributed by atoms with Gasteiger partial charge in [-0.05, 0) is 42.8 Å². The molecule has 0 saturated carbocycles. The van der Waals surface area contributed by atoms with Gasteiger partial charge in [-0.15, -0.1) is 0 Å². The number of halogens is 4. The SMILES string of the molecule is Cc1ccc(NC(=O)Nc2cc(C(F)(F)F)ccc2F)cc1N. The van der Waals surface area contributed by atoms with E-state index in [1.54, 1.807) is 19.1 Å². The number of hydrogen-bond acceptors (Lipinski definition) is 2. The zero-order valence-electron chi connectivity index (χ0n) is 12.0. The van der Waals surface area contributed by atoms with Crippen LogP contribution in [-0.2, 0) is 6.18 Å². The first kappa shape index (κ1) is 16.6. The van der Waals surface area contributed by atoms with Crippen LogP contribution in [0.3, 0.4) is 0 Å². The van der Waals surface area contributed by atoms with Crippen LogP contribution in [0.4, 0.5) is 39.4 Å². The maximum Gasteiger partial charge on any atom is 0.416 e. The second-order valence-corrected chi connectivity index (χ2v) is 4.84. The van der Waals surface area contributed by atoms with Crippen LogP contribution >= 0.6 is 0 Å². The van der Waals surface area contributed by atoms with E-state index in [0.29, 0.717) is 29.6 Å². The highest BCUT2D eigenvalue weighted by Gasteiger charge is 2.31. The van der Waals surface area contributed by atoms with Gasteiger partial charge in [0.15, 0.2) is 0 Å². The molecule has 0 fully saturated rings. The van der Waals surface area contributed by atoms with Gasteiger partial charge in [0.05, 0.1) is 11.3 Å². The number of nitrogen functional groups attached to an aromatic ring is 1. The fourth-order valence-electron chi connectivity index (χ4n) is 1.80. The van der Waals surface area contributed by atoms with Gasteiger partial charge in [-0.1, -0.05) is 6.07 Å². The molecule has 0 aliphatic rings. The normalized spacial score (nSPS) is 11.2. The number of anilines is 3. The lowest BCUT2D eigenvalue weighted by Crippen LogP contribution is -2.20. The molecule has 4 nitrogen and oxygen atoms in total. The third-order valence-corrected chi connectivity index (χ3v) is 3.08. The molecule has 0 radical (unpaired) electrons. The van der Waals surface area contributed by atoms with E-state index >= 15 is 0 Å². The van der Waals surface area contributed by atoms with Crippen molar-refractivity contribution < 1.29 is 22.4 Å². The molecule has 2 aromatic carbocycles. The average Bonchev–Trinajstić information content (AvgIpc) is 2.44. The maximum atomic E-state index is 13.5. The summed E-state index contributed by atoms with van der Waals surface area (Å²) in [7, 11) is 0. The van der Waals surface area contributed by atoms with Gasteiger partial charge in [-0.3, -0.25) is 0 Å². The number of hydrogen-bond donors (Lipinski definition) is 3. The lowest BCUT2D eigenvalue weighted by Gasteiger charge is -2.12. The molecule has 2 rings (SSSR count). The van der Waals surface area contributed by atoms with Crippen molar-refractivity contribution in [3.63, 3.8) is 0 Å². The number of nitrogens with one attached hydrogen (secondary N) is 2. The van der Waals surface area contributed by atoms with Crippen molar-refractivity contribution in [2.75, 3.05) is 16.4 Å². The first-order valence-electron chi connectivity index (χ1n) is 6.47. The van der Waals surface area contributed by atoms with E-state index in [1.807, 2.05) is 5.32 Å². The second-order valence-electron chi connectivity index (χ2n) is 4.84. The van der Waals surface area contributed by atoms with Crippen molar-refractivity contribution in [1.82, 2.24) is 0 Å². The van der Waals surface area contributed by atoms with Gasteiger partial charge in [-0.25, -0.2) is 9.18 Å². The molecule has 0 unspecified atom stereocenters. The van der Waals surface area contributed by atoms with Crippen molar-refractivity contribution in [3.8, 4) is 0 Å². The first-order valence-corrected chi connectivity index (χ1v) is 6.47. The Kier molecular flexibility index (Phi) is 4.44. The van der Waals surface area contributed by atoms with Gasteiger partial charge >= 0.3 is 12.2 Å². The van der Waals surface area contributed by atoms with E-state index in [2.05, 4.69) is 5.32 Å². The van der Waals surface area contributed by atoms with Crippen molar-refractivity contribution >= 4 is 23.1 Å². The van der Waals surface area contributed by atoms with Crippen molar-refractivity contribution in [2.24, 2.45) is 0 Å². The van der Waals surface area contributed by atoms with Crippen LogP contribution in [-0.4, -0.2) is 6.03 Å². The Morgan fingerprint density at radius 3 is 2.39 bits per heavy atom. The summed E-state index contributed by atoms with van der Waals surface area (Å²) in [5, 5.41) is 4.41. The number of carbonyl (C=O) groups excluding carboxylic acids is 1. The zero-order valence-corrected chi connectivity index (χ0v) is 12.0. The summed E-state index contributed by atoms with van der Waals surface area (Å²) in [4.78, 5) is 11.8. The summed E-state index contributed by atoms with van der Waals surface area (Å²) in [6.45, 7) is 1.77. The summed E-state index contributed by atoms with van der Waals surface area (Å²) >= 11 is 0. The maximum absolute atomic E-state index is 13.5. The quantitative estimate of drug-likeness (QED) is 0.566. The Morgan fingerprint density at radius 2 is 1.78 bits per heavy atom. The van der Waals surface area contributed by atoms with Crippen molar-refractivity contribution in [3.05, 3.63) is 53.3 Å². The highest BCUT2D eigenvalue weighted by Crippen LogP contribution is 2.31. The standard InChI is InChI=1S/C15H13F4N3O/c1-8-2-4-10(7-12(8)20)21-14(23)22-13-6-9(15(17,18)19)3-5-11(13)16/h2-7H,20H2,1H3,(H2,21,22,23). The van der Waals surface area contributed by atoms with Crippen LogP contribution < -0.4 is 16.4 Å². The number of aryl methyl sites for hydroxylation is 1. The first-order chi connectivity index (χ1) is 10.7. The molecule has 0 aromatic heterocycles. The van der Waals surface area contributed by atoms with E-state index in [9.17, 15) is 22.4 Å². The number of nitrogens with two attached hydrogens (primary N) is 1. The van der Waals surface area contributed by atoms with Gasteiger partial charge in [0, 0.05) is 11.4 Å². The third kappa shape index (κ3) is 4.12. The average molecular weight is 327 g/mol. The highest BCUT2D eigenvalue weighted by atomic mass is 19.4. The Balaban J connectivity index is 2.15. The molecule has 0 aliphatic carbocycles. The minimum Gasteiger partial charge on any atom is -0.398 e. The molecule has 23 heavy (non-hydrogen) atoms. The third-order valence-electron chi connectivity index (χ3n) is 3.08. The number of alkyl halides is 3. The number of carbonyl (C=O) groups is 1. The molecule has 0 saturated heterocycles. The summed E-state index contributed by atoms with van der Waals surface area (Å²) in [5.74, 6) is -0.975. The molecule has 2 aromatic rings. The summed E-state index contributed by atoms with van der Waals surface area (Å²) in [5.41, 5.74) is 5.63. The number of benzene rings is 2. The molecule has 0 bridgehead atoms. The van der Waals surface area contributed by atoms with Crippen molar-refractivity contribution in [2.45, 2.75) is 13.1 Å². The summed E-state index contributed by atoms with van der Waals surface area (Å²) in [6, 6.07) is 5.59.